The van der Waals surface area contributed by atoms with E-state index < -0.39 is 0 Å². The van der Waals surface area contributed by atoms with Crippen molar-refractivity contribution in [1.29, 1.82) is 0 Å². The van der Waals surface area contributed by atoms with Crippen molar-refractivity contribution in [1.82, 2.24) is 13.9 Å². The first-order valence-corrected chi connectivity index (χ1v) is 12.3. The largest absolute Gasteiger partial charge is 0.378 e. The Labute approximate surface area is 208 Å². The van der Waals surface area contributed by atoms with E-state index in [1.165, 1.54) is 11.3 Å². The van der Waals surface area contributed by atoms with Crippen LogP contribution in [0.2, 0.25) is 0 Å². The number of benzene rings is 3. The molecule has 0 fully saturated rings. The lowest BCUT2D eigenvalue weighted by molar-refractivity contribution is 0.630. The van der Waals surface area contributed by atoms with E-state index in [4.69, 9.17) is 4.99 Å². The van der Waals surface area contributed by atoms with Crippen LogP contribution < -0.4 is 15.3 Å². The van der Waals surface area contributed by atoms with Gasteiger partial charge in [0.2, 0.25) is 0 Å². The summed E-state index contributed by atoms with van der Waals surface area (Å²) in [6, 6.07) is 27.9. The van der Waals surface area contributed by atoms with Gasteiger partial charge in [-0.05, 0) is 48.9 Å². The molecule has 35 heavy (non-hydrogen) atoms. The fraction of sp³-hybridized carbons (Fsp3) is 0.143. The first kappa shape index (κ1) is 22.7. The monoisotopic (exact) mass is 481 g/mol. The topological polar surface area (TPSA) is 47.5 Å². The lowest BCUT2D eigenvalue weighted by Crippen LogP contribution is -2.24. The molecule has 0 radical (unpaired) electrons. The lowest BCUT2D eigenvalue weighted by atomic mass is 10.1. The highest BCUT2D eigenvalue weighted by molar-refractivity contribution is 7.07. The van der Waals surface area contributed by atoms with Crippen molar-refractivity contribution in [2.75, 3.05) is 19.0 Å². The molecule has 0 aliphatic carbocycles. The number of para-hydroxylation sites is 2. The Morgan fingerprint density at radius 2 is 1.49 bits per heavy atom. The molecule has 5 aromatic rings. The van der Waals surface area contributed by atoms with Gasteiger partial charge in [-0.3, -0.25) is 14.0 Å². The maximum atomic E-state index is 13.9. The van der Waals surface area contributed by atoms with Gasteiger partial charge in [0.05, 0.1) is 22.8 Å². The van der Waals surface area contributed by atoms with Crippen LogP contribution in [0.25, 0.3) is 22.6 Å². The van der Waals surface area contributed by atoms with Gasteiger partial charge in [0.25, 0.3) is 5.56 Å². The van der Waals surface area contributed by atoms with E-state index in [0.717, 1.165) is 38.8 Å². The van der Waals surface area contributed by atoms with Gasteiger partial charge in [-0.15, -0.1) is 11.3 Å². The Morgan fingerprint density at radius 3 is 2.11 bits per heavy atom. The quantitative estimate of drug-likeness (QED) is 0.342. The summed E-state index contributed by atoms with van der Waals surface area (Å²) in [6.07, 6.45) is 0. The number of nitrogens with zero attached hydrogens (tertiary/aromatic N) is 5. The van der Waals surface area contributed by atoms with Gasteiger partial charge in [0, 0.05) is 32.2 Å². The molecule has 0 spiro atoms. The maximum absolute atomic E-state index is 13.9. The minimum Gasteiger partial charge on any atom is -0.378 e. The van der Waals surface area contributed by atoms with Crippen LogP contribution >= 0.6 is 11.3 Å². The summed E-state index contributed by atoms with van der Waals surface area (Å²) in [4.78, 5) is 21.7. The van der Waals surface area contributed by atoms with Crippen LogP contribution in [0.15, 0.2) is 100 Å². The summed E-state index contributed by atoms with van der Waals surface area (Å²) in [5, 5.41) is 2.07. The fourth-order valence-corrected chi connectivity index (χ4v) is 5.07. The SMILES string of the molecule is Cc1c(-n2c(-c3ccc(N(C)C)cc3)csc2=Nc2ccccc2)c(=O)n(-c2ccccc2)n1C. The van der Waals surface area contributed by atoms with Crippen molar-refractivity contribution in [2.45, 2.75) is 6.92 Å². The Balaban J connectivity index is 1.79. The molecular formula is C28H27N5OS. The summed E-state index contributed by atoms with van der Waals surface area (Å²) >= 11 is 1.53. The van der Waals surface area contributed by atoms with E-state index in [-0.39, 0.29) is 5.56 Å². The number of rotatable bonds is 5. The van der Waals surface area contributed by atoms with Gasteiger partial charge in [-0.1, -0.05) is 48.5 Å². The average molecular weight is 482 g/mol. The highest BCUT2D eigenvalue weighted by Crippen LogP contribution is 2.27. The van der Waals surface area contributed by atoms with Crippen molar-refractivity contribution < 1.29 is 0 Å². The molecule has 0 amide bonds. The van der Waals surface area contributed by atoms with E-state index in [0.29, 0.717) is 5.69 Å². The molecule has 0 unspecified atom stereocenters. The molecule has 2 heterocycles. The molecule has 3 aromatic carbocycles. The molecule has 0 atom stereocenters. The van der Waals surface area contributed by atoms with Crippen molar-refractivity contribution in [3.63, 3.8) is 0 Å². The zero-order valence-corrected chi connectivity index (χ0v) is 21.0. The molecular weight excluding hydrogens is 454 g/mol. The predicted octanol–water partition coefficient (Wildman–Crippen LogP) is 5.30. The number of hydrogen-bond acceptors (Lipinski definition) is 4. The van der Waals surface area contributed by atoms with Gasteiger partial charge in [0.1, 0.15) is 5.69 Å². The molecule has 176 valence electrons. The molecule has 2 aromatic heterocycles. The van der Waals surface area contributed by atoms with Gasteiger partial charge < -0.3 is 4.90 Å². The highest BCUT2D eigenvalue weighted by Gasteiger charge is 2.22. The Hall–Kier alpha value is -4.10. The first-order chi connectivity index (χ1) is 17.0. The van der Waals surface area contributed by atoms with Crippen LogP contribution in [0.4, 0.5) is 11.4 Å². The Bertz CT molecular complexity index is 1590. The summed E-state index contributed by atoms with van der Waals surface area (Å²) < 4.78 is 5.61. The van der Waals surface area contributed by atoms with Crippen LogP contribution in [0.1, 0.15) is 5.69 Å². The van der Waals surface area contributed by atoms with Crippen molar-refractivity contribution in [3.05, 3.63) is 111 Å². The number of hydrogen-bond donors (Lipinski definition) is 0. The van der Waals surface area contributed by atoms with Crippen molar-refractivity contribution >= 4 is 22.7 Å². The molecule has 6 nitrogen and oxygen atoms in total. The van der Waals surface area contributed by atoms with E-state index >= 15 is 0 Å². The zero-order valence-electron chi connectivity index (χ0n) is 20.2. The van der Waals surface area contributed by atoms with E-state index in [1.807, 2.05) is 98.0 Å². The molecule has 0 saturated carbocycles. The second-order valence-electron chi connectivity index (χ2n) is 8.54. The summed E-state index contributed by atoms with van der Waals surface area (Å²) in [6.45, 7) is 1.98. The molecule has 0 N–H and O–H groups in total. The normalized spacial score (nSPS) is 11.7. The fourth-order valence-electron chi connectivity index (χ4n) is 4.16. The summed E-state index contributed by atoms with van der Waals surface area (Å²) in [5.41, 5.74) is 6.11. The van der Waals surface area contributed by atoms with Crippen LogP contribution in [-0.4, -0.2) is 28.0 Å². The molecule has 0 bridgehead atoms. The number of aromatic nitrogens is 3. The zero-order chi connectivity index (χ0) is 24.5. The second-order valence-corrected chi connectivity index (χ2v) is 9.37. The predicted molar refractivity (Wildman–Crippen MR) is 144 cm³/mol. The van der Waals surface area contributed by atoms with Crippen LogP contribution in [0.3, 0.4) is 0 Å². The van der Waals surface area contributed by atoms with Crippen LogP contribution in [0, 0.1) is 6.92 Å². The van der Waals surface area contributed by atoms with E-state index in [2.05, 4.69) is 34.5 Å². The van der Waals surface area contributed by atoms with Gasteiger partial charge in [-0.2, -0.15) is 0 Å². The molecule has 5 rings (SSSR count). The van der Waals surface area contributed by atoms with Crippen molar-refractivity contribution in [3.8, 4) is 22.6 Å². The van der Waals surface area contributed by atoms with Crippen LogP contribution in [0.5, 0.6) is 0 Å². The third kappa shape index (κ3) is 4.15. The van der Waals surface area contributed by atoms with Crippen LogP contribution in [-0.2, 0) is 7.05 Å². The lowest BCUT2D eigenvalue weighted by Gasteiger charge is -2.13. The molecule has 0 aliphatic rings. The van der Waals surface area contributed by atoms with E-state index in [1.54, 1.807) is 4.68 Å². The third-order valence-electron chi connectivity index (χ3n) is 6.12. The molecule has 0 aliphatic heterocycles. The Morgan fingerprint density at radius 1 is 0.857 bits per heavy atom. The molecule has 0 saturated heterocycles. The van der Waals surface area contributed by atoms with Gasteiger partial charge in [-0.25, -0.2) is 9.67 Å². The standard InChI is InChI=1S/C28H27N5OS/c1-20-26(27(34)33(31(20)4)24-13-9-6-10-14-24)32-25(21-15-17-23(18-16-21)30(2)3)19-35-28(32)29-22-11-7-5-8-12-22/h5-19H,1-4H3. The number of anilines is 1. The summed E-state index contributed by atoms with van der Waals surface area (Å²) in [7, 11) is 5.96. The highest BCUT2D eigenvalue weighted by atomic mass is 32.1. The van der Waals surface area contributed by atoms with Crippen molar-refractivity contribution in [2.24, 2.45) is 12.0 Å². The number of thiazole rings is 1. The second kappa shape index (κ2) is 9.27. The first-order valence-electron chi connectivity index (χ1n) is 11.4. The van der Waals surface area contributed by atoms with Gasteiger partial charge in [0.15, 0.2) is 4.80 Å². The third-order valence-corrected chi connectivity index (χ3v) is 6.94. The summed E-state index contributed by atoms with van der Waals surface area (Å²) in [5.74, 6) is 0. The minimum atomic E-state index is -0.0877. The smallest absolute Gasteiger partial charge is 0.296 e. The van der Waals surface area contributed by atoms with Gasteiger partial charge >= 0.3 is 0 Å². The van der Waals surface area contributed by atoms with E-state index in [9.17, 15) is 4.79 Å². The Kier molecular flexibility index (Phi) is 6.01. The minimum absolute atomic E-state index is 0.0877. The molecule has 7 heteroatoms. The average Bonchev–Trinajstić information content (AvgIpc) is 3.37. The maximum Gasteiger partial charge on any atom is 0.296 e.